The van der Waals surface area contributed by atoms with Crippen LogP contribution < -0.4 is 4.90 Å². The van der Waals surface area contributed by atoms with Crippen molar-refractivity contribution in [2.75, 3.05) is 4.90 Å². The number of Topliss-reactive ketones (excluding diaryl/α,β-unsaturated/α-hetero) is 1. The number of aromatic nitrogens is 1. The van der Waals surface area contributed by atoms with Crippen LogP contribution in [0.5, 0.6) is 0 Å². The first-order chi connectivity index (χ1) is 14.2. The maximum absolute atomic E-state index is 12.2. The molecule has 0 fully saturated rings. The largest absolute Gasteiger partial charge is 0.353 e. The number of rotatable bonds is 4. The lowest BCUT2D eigenvalue weighted by molar-refractivity contribution is 0.101. The Kier molecular flexibility index (Phi) is 4.28. The Morgan fingerprint density at radius 2 is 1.45 bits per heavy atom. The Balaban J connectivity index is 1.74. The van der Waals surface area contributed by atoms with Crippen molar-refractivity contribution in [2.45, 2.75) is 19.5 Å². The molecule has 29 heavy (non-hydrogen) atoms. The molecule has 0 radical (unpaired) electrons. The highest BCUT2D eigenvalue weighted by Gasteiger charge is 2.33. The predicted octanol–water partition coefficient (Wildman–Crippen LogP) is 5.79. The van der Waals surface area contributed by atoms with Crippen LogP contribution in [-0.2, 0) is 6.54 Å². The Morgan fingerprint density at radius 3 is 2.14 bits per heavy atom. The van der Waals surface area contributed by atoms with E-state index in [1.54, 1.807) is 6.92 Å². The lowest BCUT2D eigenvalue weighted by Crippen LogP contribution is -2.34. The molecule has 2 heterocycles. The molecular formula is C26H22N2O. The number of para-hydroxylation sites is 2. The maximum Gasteiger partial charge on any atom is 0.161 e. The van der Waals surface area contributed by atoms with Gasteiger partial charge in [-0.15, -0.1) is 0 Å². The van der Waals surface area contributed by atoms with E-state index in [-0.39, 0.29) is 11.8 Å². The van der Waals surface area contributed by atoms with Gasteiger partial charge in [0.1, 0.15) is 0 Å². The molecule has 0 bridgehead atoms. The summed E-state index contributed by atoms with van der Waals surface area (Å²) in [6.07, 6.45) is 1.98. The molecule has 1 aliphatic rings. The van der Waals surface area contributed by atoms with Gasteiger partial charge in [0.05, 0.1) is 23.1 Å². The molecule has 142 valence electrons. The average Bonchev–Trinajstić information content (AvgIpc) is 3.21. The third kappa shape index (κ3) is 3.05. The number of anilines is 1. The number of fused-ring (bicyclic) bond motifs is 3. The average molecular weight is 378 g/mol. The SMILES string of the molecule is CC(=O)c1cc2n(c1)-c1ccccc1N(Cc1ccccc1)C2c1ccccc1. The van der Waals surface area contributed by atoms with E-state index in [2.05, 4.69) is 82.3 Å². The van der Waals surface area contributed by atoms with E-state index in [1.165, 1.54) is 16.8 Å². The van der Waals surface area contributed by atoms with Crippen molar-refractivity contribution in [1.29, 1.82) is 0 Å². The summed E-state index contributed by atoms with van der Waals surface area (Å²) in [6.45, 7) is 2.42. The molecule has 3 nitrogen and oxygen atoms in total. The van der Waals surface area contributed by atoms with Crippen LogP contribution in [0.3, 0.4) is 0 Å². The van der Waals surface area contributed by atoms with Crippen molar-refractivity contribution in [3.63, 3.8) is 0 Å². The minimum atomic E-state index is 0.0272. The molecule has 1 aliphatic heterocycles. The van der Waals surface area contributed by atoms with Crippen LogP contribution in [0.4, 0.5) is 5.69 Å². The molecule has 4 aromatic rings. The van der Waals surface area contributed by atoms with Gasteiger partial charge < -0.3 is 9.47 Å². The molecule has 1 atom stereocenters. The fourth-order valence-corrected chi connectivity index (χ4v) is 4.24. The van der Waals surface area contributed by atoms with Gasteiger partial charge in [0.15, 0.2) is 5.78 Å². The quantitative estimate of drug-likeness (QED) is 0.420. The summed E-state index contributed by atoms with van der Waals surface area (Å²) >= 11 is 0. The highest BCUT2D eigenvalue weighted by atomic mass is 16.1. The summed E-state index contributed by atoms with van der Waals surface area (Å²) < 4.78 is 2.19. The van der Waals surface area contributed by atoms with Crippen LogP contribution >= 0.6 is 0 Å². The van der Waals surface area contributed by atoms with Crippen molar-refractivity contribution in [2.24, 2.45) is 0 Å². The lowest BCUT2D eigenvalue weighted by atomic mass is 9.97. The minimum absolute atomic E-state index is 0.0272. The molecule has 0 spiro atoms. The first kappa shape index (κ1) is 17.5. The molecule has 0 amide bonds. The standard InChI is InChI=1S/C26H22N2O/c1-19(29)22-16-25-26(21-12-6-3-7-13-21)28(17-20-10-4-2-5-11-20)24-15-9-8-14-23(24)27(25)18-22/h2-16,18,26H,17H2,1H3. The van der Waals surface area contributed by atoms with Gasteiger partial charge in [-0.25, -0.2) is 0 Å². The highest BCUT2D eigenvalue weighted by molar-refractivity contribution is 5.94. The molecular weight excluding hydrogens is 356 g/mol. The van der Waals surface area contributed by atoms with Crippen molar-refractivity contribution < 1.29 is 4.79 Å². The van der Waals surface area contributed by atoms with Gasteiger partial charge in [0.25, 0.3) is 0 Å². The number of benzene rings is 3. The summed E-state index contributed by atoms with van der Waals surface area (Å²) in [7, 11) is 0. The van der Waals surface area contributed by atoms with Gasteiger partial charge in [0, 0.05) is 18.3 Å². The summed E-state index contributed by atoms with van der Waals surface area (Å²) in [5.74, 6) is 0.0887. The molecule has 0 aliphatic carbocycles. The van der Waals surface area contributed by atoms with Gasteiger partial charge in [-0.3, -0.25) is 4.79 Å². The first-order valence-corrected chi connectivity index (χ1v) is 9.90. The second kappa shape index (κ2) is 7.10. The van der Waals surface area contributed by atoms with E-state index in [9.17, 15) is 4.79 Å². The second-order valence-corrected chi connectivity index (χ2v) is 7.50. The summed E-state index contributed by atoms with van der Waals surface area (Å²) in [5, 5.41) is 0. The number of ketones is 1. The van der Waals surface area contributed by atoms with Gasteiger partial charge in [-0.1, -0.05) is 72.8 Å². The molecule has 1 aromatic heterocycles. The number of carbonyl (C=O) groups is 1. The monoisotopic (exact) mass is 378 g/mol. The zero-order chi connectivity index (χ0) is 19.8. The van der Waals surface area contributed by atoms with E-state index in [4.69, 9.17) is 0 Å². The number of hydrogen-bond donors (Lipinski definition) is 0. The van der Waals surface area contributed by atoms with Crippen LogP contribution in [0, 0.1) is 0 Å². The first-order valence-electron chi connectivity index (χ1n) is 9.90. The smallest absolute Gasteiger partial charge is 0.161 e. The maximum atomic E-state index is 12.2. The van der Waals surface area contributed by atoms with Crippen LogP contribution in [0.15, 0.2) is 97.2 Å². The molecule has 0 N–H and O–H groups in total. The number of hydrogen-bond acceptors (Lipinski definition) is 2. The molecule has 0 saturated carbocycles. The Hall–Kier alpha value is -3.59. The van der Waals surface area contributed by atoms with Crippen molar-refractivity contribution in [3.05, 3.63) is 120 Å². The molecule has 3 aromatic carbocycles. The fourth-order valence-electron chi connectivity index (χ4n) is 4.24. The fraction of sp³-hybridized carbons (Fsp3) is 0.115. The van der Waals surface area contributed by atoms with Crippen molar-refractivity contribution in [1.82, 2.24) is 4.57 Å². The third-order valence-corrected chi connectivity index (χ3v) is 5.61. The Labute approximate surface area is 170 Å². The Bertz CT molecular complexity index is 1160. The third-order valence-electron chi connectivity index (χ3n) is 5.61. The number of carbonyl (C=O) groups excluding carboxylic acids is 1. The Morgan fingerprint density at radius 1 is 0.828 bits per heavy atom. The van der Waals surface area contributed by atoms with E-state index >= 15 is 0 Å². The van der Waals surface area contributed by atoms with Gasteiger partial charge in [0.2, 0.25) is 0 Å². The zero-order valence-corrected chi connectivity index (χ0v) is 16.3. The lowest BCUT2D eigenvalue weighted by Gasteiger charge is -2.40. The second-order valence-electron chi connectivity index (χ2n) is 7.50. The van der Waals surface area contributed by atoms with Gasteiger partial charge >= 0.3 is 0 Å². The van der Waals surface area contributed by atoms with Crippen molar-refractivity contribution >= 4 is 11.5 Å². The van der Waals surface area contributed by atoms with E-state index in [0.717, 1.165) is 23.5 Å². The van der Waals surface area contributed by atoms with Crippen LogP contribution in [0.25, 0.3) is 5.69 Å². The predicted molar refractivity (Wildman–Crippen MR) is 117 cm³/mol. The summed E-state index contributed by atoms with van der Waals surface area (Å²) in [6, 6.07) is 31.6. The molecule has 0 saturated heterocycles. The van der Waals surface area contributed by atoms with Gasteiger partial charge in [-0.05, 0) is 36.2 Å². The summed E-state index contributed by atoms with van der Waals surface area (Å²) in [4.78, 5) is 14.6. The van der Waals surface area contributed by atoms with E-state index in [1.807, 2.05) is 24.4 Å². The molecule has 1 unspecified atom stereocenters. The van der Waals surface area contributed by atoms with Crippen LogP contribution in [-0.4, -0.2) is 10.4 Å². The highest BCUT2D eigenvalue weighted by Crippen LogP contribution is 2.43. The normalized spacial score (nSPS) is 14.9. The van der Waals surface area contributed by atoms with Crippen molar-refractivity contribution in [3.8, 4) is 5.69 Å². The molecule has 5 rings (SSSR count). The topological polar surface area (TPSA) is 25.2 Å². The van der Waals surface area contributed by atoms with Crippen LogP contribution in [0.1, 0.15) is 40.1 Å². The van der Waals surface area contributed by atoms with E-state index in [0.29, 0.717) is 0 Å². The van der Waals surface area contributed by atoms with Gasteiger partial charge in [-0.2, -0.15) is 0 Å². The molecule has 3 heteroatoms. The number of nitrogens with zero attached hydrogens (tertiary/aromatic N) is 2. The van der Waals surface area contributed by atoms with Crippen LogP contribution in [0.2, 0.25) is 0 Å². The zero-order valence-electron chi connectivity index (χ0n) is 16.3. The minimum Gasteiger partial charge on any atom is -0.353 e. The van der Waals surface area contributed by atoms with E-state index < -0.39 is 0 Å². The summed E-state index contributed by atoms with van der Waals surface area (Å²) in [5.41, 5.74) is 6.62.